The lowest BCUT2D eigenvalue weighted by Crippen LogP contribution is -2.36. The van der Waals surface area contributed by atoms with Crippen LogP contribution in [-0.2, 0) is 4.79 Å². The van der Waals surface area contributed by atoms with E-state index >= 15 is 0 Å². The van der Waals surface area contributed by atoms with Crippen molar-refractivity contribution in [1.29, 1.82) is 0 Å². The largest absolute Gasteiger partial charge is 0.480 e. The van der Waals surface area contributed by atoms with Gasteiger partial charge in [-0.3, -0.25) is 14.2 Å². The van der Waals surface area contributed by atoms with Crippen molar-refractivity contribution < 1.29 is 14.7 Å². The number of carbonyl (C=O) groups excluding carboxylic acids is 1. The number of amides is 1. The number of rotatable bonds is 6. The molecule has 0 atom stereocenters. The molecule has 0 aliphatic carbocycles. The number of carbonyl (C=O) groups is 2. The summed E-state index contributed by atoms with van der Waals surface area (Å²) in [6, 6.07) is 3.33. The minimum atomic E-state index is -1.03. The van der Waals surface area contributed by atoms with Gasteiger partial charge in [0.2, 0.25) is 0 Å². The van der Waals surface area contributed by atoms with Crippen LogP contribution in [-0.4, -0.2) is 49.5 Å². The molecule has 2 rings (SSSR count). The molecule has 0 spiro atoms. The molecule has 0 aliphatic heterocycles. The molecule has 21 heavy (non-hydrogen) atoms. The van der Waals surface area contributed by atoms with Gasteiger partial charge in [-0.15, -0.1) is 0 Å². The minimum absolute atomic E-state index is 0.310. The van der Waals surface area contributed by atoms with E-state index in [0.717, 1.165) is 0 Å². The first-order valence-corrected chi connectivity index (χ1v) is 6.57. The van der Waals surface area contributed by atoms with E-state index in [9.17, 15) is 9.59 Å². The first-order chi connectivity index (χ1) is 10.1. The fraction of sp³-hybridized carbons (Fsp3) is 0.286. The topological polar surface area (TPSA) is 88.3 Å². The van der Waals surface area contributed by atoms with E-state index in [0.29, 0.717) is 24.3 Å². The van der Waals surface area contributed by atoms with Crippen LogP contribution in [0.5, 0.6) is 0 Å². The summed E-state index contributed by atoms with van der Waals surface area (Å²) in [4.78, 5) is 32.5. The smallest absolute Gasteiger partial charge is 0.323 e. The van der Waals surface area contributed by atoms with Crippen molar-refractivity contribution in [3.8, 4) is 5.82 Å². The molecule has 2 aromatic rings. The molecule has 0 bridgehead atoms. The van der Waals surface area contributed by atoms with E-state index in [4.69, 9.17) is 5.11 Å². The first-order valence-electron chi connectivity index (χ1n) is 6.57. The molecule has 7 nitrogen and oxygen atoms in total. The summed E-state index contributed by atoms with van der Waals surface area (Å²) in [6.45, 7) is 1.98. The maximum atomic E-state index is 12.3. The lowest BCUT2D eigenvalue weighted by Gasteiger charge is -2.19. The van der Waals surface area contributed by atoms with E-state index in [1.54, 1.807) is 35.4 Å². The number of hydrogen-bond acceptors (Lipinski definition) is 4. The molecule has 0 unspecified atom stereocenters. The quantitative estimate of drug-likeness (QED) is 0.863. The van der Waals surface area contributed by atoms with Gasteiger partial charge >= 0.3 is 5.97 Å². The number of aromatic nitrogens is 3. The summed E-state index contributed by atoms with van der Waals surface area (Å²) in [7, 11) is 0. The van der Waals surface area contributed by atoms with Gasteiger partial charge in [-0.05, 0) is 18.6 Å². The number of nitrogens with zero attached hydrogens (tertiary/aromatic N) is 4. The van der Waals surface area contributed by atoms with Crippen molar-refractivity contribution in [3.63, 3.8) is 0 Å². The Morgan fingerprint density at radius 3 is 2.71 bits per heavy atom. The Bertz CT molecular complexity index is 608. The molecule has 0 saturated carbocycles. The number of carboxylic acid groups (broad SMARTS) is 1. The normalized spacial score (nSPS) is 10.3. The molecule has 7 heteroatoms. The summed E-state index contributed by atoms with van der Waals surface area (Å²) in [5.41, 5.74) is 0.369. The zero-order chi connectivity index (χ0) is 15.2. The standard InChI is InChI=1S/C14H16N4O3/c1-2-6-17(9-13(19)20)14(21)11-3-4-12(16-8-11)18-7-5-15-10-18/h3-5,7-8,10H,2,6,9H2,1H3,(H,19,20). The van der Waals surface area contributed by atoms with Crippen molar-refractivity contribution in [3.05, 3.63) is 42.6 Å². The highest BCUT2D eigenvalue weighted by Gasteiger charge is 2.18. The fourth-order valence-corrected chi connectivity index (χ4v) is 1.93. The summed E-state index contributed by atoms with van der Waals surface area (Å²) >= 11 is 0. The van der Waals surface area contributed by atoms with Crippen LogP contribution in [0.2, 0.25) is 0 Å². The average molecular weight is 288 g/mol. The van der Waals surface area contributed by atoms with Crippen LogP contribution >= 0.6 is 0 Å². The molecule has 0 aromatic carbocycles. The third-order valence-electron chi connectivity index (χ3n) is 2.87. The van der Waals surface area contributed by atoms with Crippen molar-refractivity contribution in [2.75, 3.05) is 13.1 Å². The van der Waals surface area contributed by atoms with E-state index < -0.39 is 5.97 Å². The highest BCUT2D eigenvalue weighted by molar-refractivity contribution is 5.95. The van der Waals surface area contributed by atoms with Crippen molar-refractivity contribution in [2.45, 2.75) is 13.3 Å². The Balaban J connectivity index is 2.16. The third kappa shape index (κ3) is 3.65. The van der Waals surface area contributed by atoms with Gasteiger partial charge in [0.25, 0.3) is 5.91 Å². The summed E-state index contributed by atoms with van der Waals surface area (Å²) in [6.07, 6.45) is 7.13. The van der Waals surface area contributed by atoms with Crippen LogP contribution in [0.1, 0.15) is 23.7 Å². The van der Waals surface area contributed by atoms with Gasteiger partial charge in [0.05, 0.1) is 5.56 Å². The van der Waals surface area contributed by atoms with Crippen LogP contribution in [0.3, 0.4) is 0 Å². The maximum absolute atomic E-state index is 12.3. The van der Waals surface area contributed by atoms with Crippen molar-refractivity contribution in [2.24, 2.45) is 0 Å². The molecule has 110 valence electrons. The predicted octanol–water partition coefficient (Wildman–Crippen LogP) is 1.20. The van der Waals surface area contributed by atoms with Gasteiger partial charge < -0.3 is 10.0 Å². The summed E-state index contributed by atoms with van der Waals surface area (Å²) < 4.78 is 1.72. The fourth-order valence-electron chi connectivity index (χ4n) is 1.93. The first kappa shape index (κ1) is 14.7. The third-order valence-corrected chi connectivity index (χ3v) is 2.87. The van der Waals surface area contributed by atoms with Gasteiger partial charge in [-0.2, -0.15) is 0 Å². The highest BCUT2D eigenvalue weighted by atomic mass is 16.4. The highest BCUT2D eigenvalue weighted by Crippen LogP contribution is 2.08. The number of aliphatic carboxylic acids is 1. The van der Waals surface area contributed by atoms with Gasteiger partial charge in [-0.25, -0.2) is 9.97 Å². The monoisotopic (exact) mass is 288 g/mol. The Morgan fingerprint density at radius 2 is 2.19 bits per heavy atom. The molecule has 1 N–H and O–H groups in total. The van der Waals surface area contributed by atoms with Crippen LogP contribution in [0.4, 0.5) is 0 Å². The average Bonchev–Trinajstić information content (AvgIpc) is 3.00. The zero-order valence-corrected chi connectivity index (χ0v) is 11.6. The molecule has 0 fully saturated rings. The van der Waals surface area contributed by atoms with Crippen LogP contribution in [0.15, 0.2) is 37.1 Å². The van der Waals surface area contributed by atoms with E-state index in [1.807, 2.05) is 6.92 Å². The molecule has 0 radical (unpaired) electrons. The Labute approximate surface area is 121 Å². The second kappa shape index (κ2) is 6.65. The van der Waals surface area contributed by atoms with Crippen molar-refractivity contribution >= 4 is 11.9 Å². The second-order valence-corrected chi connectivity index (χ2v) is 4.50. The maximum Gasteiger partial charge on any atom is 0.323 e. The number of carboxylic acids is 1. The lowest BCUT2D eigenvalue weighted by atomic mass is 10.2. The van der Waals surface area contributed by atoms with Crippen molar-refractivity contribution in [1.82, 2.24) is 19.4 Å². The van der Waals surface area contributed by atoms with Gasteiger partial charge in [-0.1, -0.05) is 6.92 Å². The van der Waals surface area contributed by atoms with Gasteiger partial charge in [0.1, 0.15) is 18.7 Å². The lowest BCUT2D eigenvalue weighted by molar-refractivity contribution is -0.137. The van der Waals surface area contributed by atoms with Crippen LogP contribution in [0.25, 0.3) is 5.82 Å². The number of pyridine rings is 1. The summed E-state index contributed by atoms with van der Waals surface area (Å²) in [5.74, 6) is -0.715. The Kier molecular flexibility index (Phi) is 4.65. The van der Waals surface area contributed by atoms with E-state index in [2.05, 4.69) is 9.97 Å². The number of imidazole rings is 1. The molecule has 2 aromatic heterocycles. The summed E-state index contributed by atoms with van der Waals surface area (Å²) in [5, 5.41) is 8.86. The number of hydrogen-bond donors (Lipinski definition) is 1. The molecular weight excluding hydrogens is 272 g/mol. The molecular formula is C14H16N4O3. The van der Waals surface area contributed by atoms with E-state index in [1.165, 1.54) is 11.1 Å². The predicted molar refractivity (Wildman–Crippen MR) is 75.2 cm³/mol. The molecule has 2 heterocycles. The van der Waals surface area contributed by atoms with Gasteiger partial charge in [0.15, 0.2) is 0 Å². The van der Waals surface area contributed by atoms with Crippen LogP contribution in [0, 0.1) is 0 Å². The zero-order valence-electron chi connectivity index (χ0n) is 11.6. The molecule has 0 saturated heterocycles. The molecule has 1 amide bonds. The Morgan fingerprint density at radius 1 is 1.38 bits per heavy atom. The SMILES string of the molecule is CCCN(CC(=O)O)C(=O)c1ccc(-n2ccnc2)nc1. The molecule has 0 aliphatic rings. The minimum Gasteiger partial charge on any atom is -0.480 e. The second-order valence-electron chi connectivity index (χ2n) is 4.50. The van der Waals surface area contributed by atoms with Gasteiger partial charge in [0, 0.05) is 25.1 Å². The van der Waals surface area contributed by atoms with E-state index in [-0.39, 0.29) is 12.5 Å². The van der Waals surface area contributed by atoms with Crippen LogP contribution < -0.4 is 0 Å². The Hall–Kier alpha value is -2.70.